The Hall–Kier alpha value is -0.120. The van der Waals surface area contributed by atoms with Gasteiger partial charge in [0.05, 0.1) is 12.1 Å². The van der Waals surface area contributed by atoms with E-state index in [-0.39, 0.29) is 5.54 Å². The average Bonchev–Trinajstić information content (AvgIpc) is 2.72. The summed E-state index contributed by atoms with van der Waals surface area (Å²) in [5.74, 6) is 0. The van der Waals surface area contributed by atoms with Gasteiger partial charge in [-0.2, -0.15) is 0 Å². The third-order valence-corrected chi connectivity index (χ3v) is 3.69. The van der Waals surface area contributed by atoms with Gasteiger partial charge in [0.15, 0.2) is 0 Å². The van der Waals surface area contributed by atoms with E-state index >= 15 is 0 Å². The molecule has 0 spiro atoms. The molecule has 1 saturated carbocycles. The van der Waals surface area contributed by atoms with Crippen LogP contribution in [0.2, 0.25) is 0 Å². The zero-order valence-electron chi connectivity index (χ0n) is 10.5. The van der Waals surface area contributed by atoms with E-state index < -0.39 is 0 Å². The van der Waals surface area contributed by atoms with Crippen LogP contribution in [0, 0.1) is 0 Å². The van der Waals surface area contributed by atoms with E-state index in [1.807, 2.05) is 0 Å². The molecule has 1 unspecified atom stereocenters. The van der Waals surface area contributed by atoms with Gasteiger partial charge in [-0.3, -0.25) is 4.90 Å². The van der Waals surface area contributed by atoms with Gasteiger partial charge in [-0.05, 0) is 26.3 Å². The SMILES string of the molecule is CCN(C1CCCC1)C(C)(CN)COC. The van der Waals surface area contributed by atoms with E-state index in [0.29, 0.717) is 6.54 Å². The molecule has 0 amide bonds. The van der Waals surface area contributed by atoms with Gasteiger partial charge in [-0.15, -0.1) is 0 Å². The monoisotopic (exact) mass is 214 g/mol. The summed E-state index contributed by atoms with van der Waals surface area (Å²) in [5.41, 5.74) is 5.93. The third-order valence-electron chi connectivity index (χ3n) is 3.69. The highest BCUT2D eigenvalue weighted by Crippen LogP contribution is 2.28. The number of hydrogen-bond acceptors (Lipinski definition) is 3. The molecule has 1 rings (SSSR count). The smallest absolute Gasteiger partial charge is 0.0656 e. The van der Waals surface area contributed by atoms with Gasteiger partial charge >= 0.3 is 0 Å². The Morgan fingerprint density at radius 3 is 2.40 bits per heavy atom. The van der Waals surface area contributed by atoms with Gasteiger partial charge in [-0.1, -0.05) is 19.8 Å². The molecule has 0 aromatic rings. The lowest BCUT2D eigenvalue weighted by molar-refractivity contribution is 0.00395. The second-order valence-corrected chi connectivity index (χ2v) is 4.86. The molecule has 2 N–H and O–H groups in total. The number of methoxy groups -OCH3 is 1. The molecule has 15 heavy (non-hydrogen) atoms. The Kier molecular flexibility index (Phi) is 5.03. The topological polar surface area (TPSA) is 38.5 Å². The van der Waals surface area contributed by atoms with Gasteiger partial charge in [0.25, 0.3) is 0 Å². The van der Waals surface area contributed by atoms with Crippen LogP contribution in [0.4, 0.5) is 0 Å². The molecule has 1 fully saturated rings. The quantitative estimate of drug-likeness (QED) is 0.730. The average molecular weight is 214 g/mol. The maximum atomic E-state index is 5.92. The highest BCUT2D eigenvalue weighted by Gasteiger charge is 2.35. The van der Waals surface area contributed by atoms with Crippen molar-refractivity contribution in [1.29, 1.82) is 0 Å². The molecular weight excluding hydrogens is 188 g/mol. The van der Waals surface area contributed by atoms with Gasteiger partial charge < -0.3 is 10.5 Å². The number of nitrogens with two attached hydrogens (primary N) is 1. The minimum absolute atomic E-state index is 0.0124. The van der Waals surface area contributed by atoms with Gasteiger partial charge in [0, 0.05) is 19.7 Å². The zero-order chi connectivity index (χ0) is 11.3. The Morgan fingerprint density at radius 2 is 2.00 bits per heavy atom. The van der Waals surface area contributed by atoms with Gasteiger partial charge in [0.2, 0.25) is 0 Å². The maximum Gasteiger partial charge on any atom is 0.0656 e. The van der Waals surface area contributed by atoms with Crippen molar-refractivity contribution in [3.8, 4) is 0 Å². The lowest BCUT2D eigenvalue weighted by Crippen LogP contribution is -2.57. The number of nitrogens with zero attached hydrogens (tertiary/aromatic N) is 1. The lowest BCUT2D eigenvalue weighted by atomic mass is 9.98. The predicted molar refractivity (Wildman–Crippen MR) is 64.0 cm³/mol. The van der Waals surface area contributed by atoms with Crippen molar-refractivity contribution in [2.24, 2.45) is 5.73 Å². The molecule has 1 aliphatic rings. The summed E-state index contributed by atoms with van der Waals surface area (Å²) in [7, 11) is 1.76. The molecule has 0 aromatic carbocycles. The first-order valence-corrected chi connectivity index (χ1v) is 6.13. The normalized spacial score (nSPS) is 22.2. The van der Waals surface area contributed by atoms with E-state index in [9.17, 15) is 0 Å². The highest BCUT2D eigenvalue weighted by molar-refractivity contribution is 4.92. The van der Waals surface area contributed by atoms with Gasteiger partial charge in [-0.25, -0.2) is 0 Å². The van der Waals surface area contributed by atoms with Crippen LogP contribution in [0.5, 0.6) is 0 Å². The molecule has 0 heterocycles. The van der Waals surface area contributed by atoms with Crippen molar-refractivity contribution < 1.29 is 4.74 Å². The number of likely N-dealkylation sites (N-methyl/N-ethyl adjacent to an activating group) is 1. The highest BCUT2D eigenvalue weighted by atomic mass is 16.5. The summed E-state index contributed by atoms with van der Waals surface area (Å²) in [4.78, 5) is 2.55. The molecule has 0 saturated heterocycles. The van der Waals surface area contributed by atoms with E-state index in [2.05, 4.69) is 18.7 Å². The molecule has 0 bridgehead atoms. The first-order valence-electron chi connectivity index (χ1n) is 6.13. The summed E-state index contributed by atoms with van der Waals surface area (Å²) in [6, 6.07) is 0.721. The van der Waals surface area contributed by atoms with Crippen LogP contribution in [0.3, 0.4) is 0 Å². The van der Waals surface area contributed by atoms with Crippen LogP contribution in [-0.4, -0.2) is 43.3 Å². The van der Waals surface area contributed by atoms with Crippen LogP contribution in [0.25, 0.3) is 0 Å². The van der Waals surface area contributed by atoms with Crippen LogP contribution < -0.4 is 5.73 Å². The first-order chi connectivity index (χ1) is 7.18. The van der Waals surface area contributed by atoms with Crippen LogP contribution >= 0.6 is 0 Å². The van der Waals surface area contributed by atoms with Crippen LogP contribution in [0.1, 0.15) is 39.5 Å². The predicted octanol–water partition coefficient (Wildman–Crippen LogP) is 1.61. The number of hydrogen-bond donors (Lipinski definition) is 1. The lowest BCUT2D eigenvalue weighted by Gasteiger charge is -2.43. The van der Waals surface area contributed by atoms with Crippen LogP contribution in [-0.2, 0) is 4.74 Å². The Morgan fingerprint density at radius 1 is 1.40 bits per heavy atom. The maximum absolute atomic E-state index is 5.92. The van der Waals surface area contributed by atoms with E-state index in [4.69, 9.17) is 10.5 Å². The third kappa shape index (κ3) is 2.92. The Balaban J connectivity index is 2.68. The molecule has 0 aromatic heterocycles. The first kappa shape index (κ1) is 12.9. The largest absolute Gasteiger partial charge is 0.383 e. The Bertz CT molecular complexity index is 180. The van der Waals surface area contributed by atoms with Crippen molar-refractivity contribution in [2.75, 3.05) is 26.8 Å². The molecule has 3 heteroatoms. The van der Waals surface area contributed by atoms with E-state index in [1.165, 1.54) is 25.7 Å². The summed E-state index contributed by atoms with van der Waals surface area (Å²) in [6.07, 6.45) is 5.39. The second kappa shape index (κ2) is 5.83. The molecule has 0 aliphatic heterocycles. The second-order valence-electron chi connectivity index (χ2n) is 4.86. The molecule has 90 valence electrons. The standard InChI is InChI=1S/C12H26N2O/c1-4-14(11-7-5-6-8-11)12(2,9-13)10-15-3/h11H,4-10,13H2,1-3H3. The van der Waals surface area contributed by atoms with Crippen molar-refractivity contribution in [2.45, 2.75) is 51.1 Å². The van der Waals surface area contributed by atoms with E-state index in [1.54, 1.807) is 7.11 Å². The minimum Gasteiger partial charge on any atom is -0.383 e. The van der Waals surface area contributed by atoms with Crippen LogP contribution in [0.15, 0.2) is 0 Å². The zero-order valence-corrected chi connectivity index (χ0v) is 10.5. The van der Waals surface area contributed by atoms with Crippen molar-refractivity contribution >= 4 is 0 Å². The molecule has 1 aliphatic carbocycles. The van der Waals surface area contributed by atoms with Crippen molar-refractivity contribution in [3.63, 3.8) is 0 Å². The summed E-state index contributed by atoms with van der Waals surface area (Å²) >= 11 is 0. The molecular formula is C12H26N2O. The summed E-state index contributed by atoms with van der Waals surface area (Å²) in [6.45, 7) is 6.92. The van der Waals surface area contributed by atoms with Crippen molar-refractivity contribution in [1.82, 2.24) is 4.90 Å². The summed E-state index contributed by atoms with van der Waals surface area (Å²) < 4.78 is 5.32. The molecule has 1 atom stereocenters. The number of ether oxygens (including phenoxy) is 1. The minimum atomic E-state index is 0.0124. The fourth-order valence-electron chi connectivity index (χ4n) is 2.87. The van der Waals surface area contributed by atoms with Crippen molar-refractivity contribution in [3.05, 3.63) is 0 Å². The Labute approximate surface area is 94.0 Å². The fourth-order valence-corrected chi connectivity index (χ4v) is 2.87. The summed E-state index contributed by atoms with van der Waals surface area (Å²) in [5, 5.41) is 0. The molecule has 3 nitrogen and oxygen atoms in total. The van der Waals surface area contributed by atoms with E-state index in [0.717, 1.165) is 19.2 Å². The fraction of sp³-hybridized carbons (Fsp3) is 1.00. The number of rotatable bonds is 6. The molecule has 0 radical (unpaired) electrons. The van der Waals surface area contributed by atoms with Gasteiger partial charge in [0.1, 0.15) is 0 Å².